The third-order valence-corrected chi connectivity index (χ3v) is 3.63. The van der Waals surface area contributed by atoms with Gasteiger partial charge in [-0.15, -0.1) is 0 Å². The summed E-state index contributed by atoms with van der Waals surface area (Å²) in [5.74, 6) is 7.66. The standard InChI is InChI=1S/C21H19NO4/c1-24-11-12-25-20-4-2-3-17(13-20)6-5-16-7-9-18(10-8-16)21-14-19(15-23)22-26-21/h2-4,7-10,13-14,23H,11-12,15H2,1H3. The summed E-state index contributed by atoms with van der Waals surface area (Å²) in [6.45, 7) is 0.920. The Morgan fingerprint density at radius 2 is 1.81 bits per heavy atom. The van der Waals surface area contributed by atoms with E-state index in [9.17, 15) is 0 Å². The molecule has 0 saturated heterocycles. The zero-order chi connectivity index (χ0) is 18.2. The molecule has 1 N–H and O–H groups in total. The summed E-state index contributed by atoms with van der Waals surface area (Å²) in [5.41, 5.74) is 3.17. The number of nitrogens with zero attached hydrogens (tertiary/aromatic N) is 1. The second-order valence-corrected chi connectivity index (χ2v) is 5.54. The van der Waals surface area contributed by atoms with Crippen LogP contribution in [0.15, 0.2) is 59.1 Å². The van der Waals surface area contributed by atoms with Crippen molar-refractivity contribution in [2.24, 2.45) is 0 Å². The molecule has 0 aliphatic rings. The van der Waals surface area contributed by atoms with Crippen molar-refractivity contribution in [1.29, 1.82) is 0 Å². The van der Waals surface area contributed by atoms with Gasteiger partial charge in [-0.05, 0) is 42.5 Å². The summed E-state index contributed by atoms with van der Waals surface area (Å²) in [6.07, 6.45) is 0. The molecule has 0 atom stereocenters. The molecule has 26 heavy (non-hydrogen) atoms. The van der Waals surface area contributed by atoms with Crippen LogP contribution in [0.3, 0.4) is 0 Å². The second-order valence-electron chi connectivity index (χ2n) is 5.54. The van der Waals surface area contributed by atoms with Crippen LogP contribution in [0.25, 0.3) is 11.3 Å². The van der Waals surface area contributed by atoms with Gasteiger partial charge < -0.3 is 19.1 Å². The zero-order valence-corrected chi connectivity index (χ0v) is 14.4. The van der Waals surface area contributed by atoms with Gasteiger partial charge in [0.1, 0.15) is 18.1 Å². The predicted octanol–water partition coefficient (Wildman–Crippen LogP) is 3.26. The molecule has 0 radical (unpaired) electrons. The lowest BCUT2D eigenvalue weighted by molar-refractivity contribution is 0.146. The molecular formula is C21H19NO4. The van der Waals surface area contributed by atoms with Crippen LogP contribution in [-0.2, 0) is 11.3 Å². The van der Waals surface area contributed by atoms with Gasteiger partial charge in [-0.2, -0.15) is 0 Å². The van der Waals surface area contributed by atoms with Gasteiger partial charge in [-0.3, -0.25) is 0 Å². The van der Waals surface area contributed by atoms with Crippen LogP contribution in [0, 0.1) is 11.8 Å². The summed E-state index contributed by atoms with van der Waals surface area (Å²) < 4.78 is 15.8. The summed E-state index contributed by atoms with van der Waals surface area (Å²) in [7, 11) is 1.64. The lowest BCUT2D eigenvalue weighted by Crippen LogP contribution is -2.04. The van der Waals surface area contributed by atoms with Crippen molar-refractivity contribution < 1.29 is 19.1 Å². The van der Waals surface area contributed by atoms with Gasteiger partial charge in [-0.25, -0.2) is 0 Å². The highest BCUT2D eigenvalue weighted by molar-refractivity contribution is 5.59. The lowest BCUT2D eigenvalue weighted by atomic mass is 10.1. The first-order chi connectivity index (χ1) is 12.8. The van der Waals surface area contributed by atoms with Gasteiger partial charge in [0.25, 0.3) is 0 Å². The first-order valence-electron chi connectivity index (χ1n) is 8.19. The average molecular weight is 349 g/mol. The smallest absolute Gasteiger partial charge is 0.167 e. The van der Waals surface area contributed by atoms with Crippen molar-refractivity contribution in [1.82, 2.24) is 5.16 Å². The number of aliphatic hydroxyl groups is 1. The van der Waals surface area contributed by atoms with E-state index in [1.54, 1.807) is 13.2 Å². The average Bonchev–Trinajstić information content (AvgIpc) is 3.17. The number of aromatic nitrogens is 1. The predicted molar refractivity (Wildman–Crippen MR) is 97.7 cm³/mol. The van der Waals surface area contributed by atoms with Crippen LogP contribution in [0.1, 0.15) is 16.8 Å². The Hall–Kier alpha value is -3.07. The topological polar surface area (TPSA) is 64.7 Å². The van der Waals surface area contributed by atoms with Crippen molar-refractivity contribution in [3.63, 3.8) is 0 Å². The van der Waals surface area contributed by atoms with Gasteiger partial charge in [-0.1, -0.05) is 23.1 Å². The van der Waals surface area contributed by atoms with Crippen LogP contribution < -0.4 is 4.74 Å². The number of hydrogen-bond donors (Lipinski definition) is 1. The van der Waals surface area contributed by atoms with Gasteiger partial charge in [0, 0.05) is 29.9 Å². The Kier molecular flexibility index (Phi) is 6.05. The molecule has 0 aliphatic heterocycles. The quantitative estimate of drug-likeness (QED) is 0.547. The summed E-state index contributed by atoms with van der Waals surface area (Å²) in [4.78, 5) is 0. The minimum absolute atomic E-state index is 0.138. The van der Waals surface area contributed by atoms with Gasteiger partial charge in [0.2, 0.25) is 0 Å². The van der Waals surface area contributed by atoms with Crippen LogP contribution >= 0.6 is 0 Å². The molecule has 0 saturated carbocycles. The van der Waals surface area contributed by atoms with Gasteiger partial charge in [0.15, 0.2) is 5.76 Å². The van der Waals surface area contributed by atoms with Crippen molar-refractivity contribution in [3.05, 3.63) is 71.4 Å². The molecule has 1 aromatic heterocycles. The summed E-state index contributed by atoms with van der Waals surface area (Å²) in [5, 5.41) is 12.8. The maximum absolute atomic E-state index is 9.04. The number of benzene rings is 2. The SMILES string of the molecule is COCCOc1cccc(C#Cc2ccc(-c3cc(CO)no3)cc2)c1. The maximum Gasteiger partial charge on any atom is 0.167 e. The van der Waals surface area contributed by atoms with E-state index < -0.39 is 0 Å². The Bertz CT molecular complexity index is 904. The van der Waals surface area contributed by atoms with E-state index in [1.807, 2.05) is 48.5 Å². The molecule has 0 aliphatic carbocycles. The van der Waals surface area contributed by atoms with Gasteiger partial charge >= 0.3 is 0 Å². The number of ether oxygens (including phenoxy) is 2. The molecule has 0 unspecified atom stereocenters. The molecular weight excluding hydrogens is 330 g/mol. The minimum atomic E-state index is -0.138. The van der Waals surface area contributed by atoms with Crippen LogP contribution in [-0.4, -0.2) is 30.6 Å². The highest BCUT2D eigenvalue weighted by Gasteiger charge is 2.05. The van der Waals surface area contributed by atoms with Crippen LogP contribution in [0.2, 0.25) is 0 Å². The largest absolute Gasteiger partial charge is 0.491 e. The number of methoxy groups -OCH3 is 1. The molecule has 2 aromatic carbocycles. The number of hydrogen-bond acceptors (Lipinski definition) is 5. The molecule has 0 amide bonds. The third kappa shape index (κ3) is 4.73. The van der Waals surface area contributed by atoms with Crippen molar-refractivity contribution in [3.8, 4) is 28.9 Å². The molecule has 5 nitrogen and oxygen atoms in total. The Balaban J connectivity index is 1.69. The van der Waals surface area contributed by atoms with Crippen molar-refractivity contribution >= 4 is 0 Å². The number of aliphatic hydroxyl groups excluding tert-OH is 1. The maximum atomic E-state index is 9.04. The highest BCUT2D eigenvalue weighted by atomic mass is 16.5. The fourth-order valence-corrected chi connectivity index (χ4v) is 2.29. The van der Waals surface area contributed by atoms with Gasteiger partial charge in [0.05, 0.1) is 13.2 Å². The Morgan fingerprint density at radius 3 is 2.54 bits per heavy atom. The minimum Gasteiger partial charge on any atom is -0.491 e. The molecule has 132 valence electrons. The normalized spacial score (nSPS) is 10.2. The van der Waals surface area contributed by atoms with E-state index in [4.69, 9.17) is 19.1 Å². The van der Waals surface area contributed by atoms with Crippen LogP contribution in [0.5, 0.6) is 5.75 Å². The first kappa shape index (κ1) is 17.7. The number of rotatable bonds is 6. The zero-order valence-electron chi connectivity index (χ0n) is 14.4. The van der Waals surface area contributed by atoms with E-state index in [-0.39, 0.29) is 6.61 Å². The molecule has 0 spiro atoms. The lowest BCUT2D eigenvalue weighted by Gasteiger charge is -2.05. The summed E-state index contributed by atoms with van der Waals surface area (Å²) >= 11 is 0. The molecule has 5 heteroatoms. The van der Waals surface area contributed by atoms with E-state index in [0.717, 1.165) is 22.4 Å². The summed E-state index contributed by atoms with van der Waals surface area (Å²) in [6, 6.07) is 17.0. The molecule has 3 rings (SSSR count). The van der Waals surface area contributed by atoms with E-state index in [1.165, 1.54) is 0 Å². The molecule has 0 bridgehead atoms. The van der Waals surface area contributed by atoms with Crippen molar-refractivity contribution in [2.75, 3.05) is 20.3 Å². The highest BCUT2D eigenvalue weighted by Crippen LogP contribution is 2.20. The van der Waals surface area contributed by atoms with E-state index in [0.29, 0.717) is 24.7 Å². The second kappa shape index (κ2) is 8.86. The fraction of sp³-hybridized carbons (Fsp3) is 0.190. The van der Waals surface area contributed by atoms with Crippen LogP contribution in [0.4, 0.5) is 0 Å². The van der Waals surface area contributed by atoms with E-state index in [2.05, 4.69) is 17.0 Å². The Morgan fingerprint density at radius 1 is 1.00 bits per heavy atom. The molecule has 3 aromatic rings. The van der Waals surface area contributed by atoms with Crippen molar-refractivity contribution in [2.45, 2.75) is 6.61 Å². The Labute approximate surface area is 152 Å². The molecule has 1 heterocycles. The fourth-order valence-electron chi connectivity index (χ4n) is 2.29. The monoisotopic (exact) mass is 349 g/mol. The molecule has 0 fully saturated rings. The van der Waals surface area contributed by atoms with E-state index >= 15 is 0 Å². The third-order valence-electron chi connectivity index (χ3n) is 3.63. The first-order valence-corrected chi connectivity index (χ1v) is 8.19.